The van der Waals surface area contributed by atoms with Crippen molar-refractivity contribution in [2.24, 2.45) is 11.7 Å². The number of benzene rings is 1. The molecule has 1 fully saturated rings. The number of rotatable bonds is 7. The monoisotopic (exact) mass is 312 g/mol. The van der Waals surface area contributed by atoms with Gasteiger partial charge in [0.2, 0.25) is 5.91 Å². The molecule has 5 heteroatoms. The molecule has 2 atom stereocenters. The smallest absolute Gasteiger partial charge is 0.242 e. The summed E-state index contributed by atoms with van der Waals surface area (Å²) in [4.78, 5) is 14.4. The minimum absolute atomic E-state index is 0. The summed E-state index contributed by atoms with van der Waals surface area (Å²) in [6.07, 6.45) is 2.42. The molecule has 0 heterocycles. The van der Waals surface area contributed by atoms with Gasteiger partial charge in [-0.15, -0.1) is 12.4 Å². The minimum Gasteiger partial charge on any atom is -0.383 e. The zero-order valence-corrected chi connectivity index (χ0v) is 13.5. The number of nitrogens with zero attached hydrogens (tertiary/aromatic N) is 1. The Morgan fingerprint density at radius 3 is 2.52 bits per heavy atom. The third-order valence-corrected chi connectivity index (χ3v) is 3.94. The van der Waals surface area contributed by atoms with E-state index in [0.717, 1.165) is 5.56 Å². The van der Waals surface area contributed by atoms with Crippen LogP contribution >= 0.6 is 12.4 Å². The van der Waals surface area contributed by atoms with Gasteiger partial charge in [0, 0.05) is 19.7 Å². The summed E-state index contributed by atoms with van der Waals surface area (Å²) in [5, 5.41) is 0. The maximum absolute atomic E-state index is 12.5. The number of methoxy groups -OCH3 is 1. The summed E-state index contributed by atoms with van der Waals surface area (Å²) in [6.45, 7) is 3.01. The lowest BCUT2D eigenvalue weighted by Crippen LogP contribution is -2.49. The van der Waals surface area contributed by atoms with Gasteiger partial charge in [-0.1, -0.05) is 30.3 Å². The first-order chi connectivity index (χ1) is 9.63. The van der Waals surface area contributed by atoms with Gasteiger partial charge in [-0.2, -0.15) is 0 Å². The second-order valence-corrected chi connectivity index (χ2v) is 5.59. The number of ether oxygens (including phenoxy) is 1. The molecule has 0 bridgehead atoms. The first-order valence-electron chi connectivity index (χ1n) is 7.22. The summed E-state index contributed by atoms with van der Waals surface area (Å²) in [6, 6.07) is 9.72. The third kappa shape index (κ3) is 4.99. The molecule has 2 unspecified atom stereocenters. The van der Waals surface area contributed by atoms with E-state index in [1.807, 2.05) is 35.2 Å². The van der Waals surface area contributed by atoms with E-state index in [1.165, 1.54) is 12.8 Å². The first-order valence-corrected chi connectivity index (χ1v) is 7.22. The Morgan fingerprint density at radius 2 is 2.00 bits per heavy atom. The number of hydrogen-bond donors (Lipinski definition) is 1. The van der Waals surface area contributed by atoms with Crippen LogP contribution < -0.4 is 5.73 Å². The topological polar surface area (TPSA) is 55.6 Å². The SMILES string of the molecule is COCC(N)C(=O)N(Cc1ccccc1)C(C)C1CC1.Cl. The highest BCUT2D eigenvalue weighted by Gasteiger charge is 2.35. The Bertz CT molecular complexity index is 437. The average molecular weight is 313 g/mol. The van der Waals surface area contributed by atoms with Gasteiger partial charge in [0.15, 0.2) is 0 Å². The van der Waals surface area contributed by atoms with Gasteiger partial charge in [0.05, 0.1) is 6.61 Å². The molecule has 0 radical (unpaired) electrons. The third-order valence-electron chi connectivity index (χ3n) is 3.94. The van der Waals surface area contributed by atoms with Crippen LogP contribution in [0.5, 0.6) is 0 Å². The fourth-order valence-electron chi connectivity index (χ4n) is 2.50. The van der Waals surface area contributed by atoms with Crippen LogP contribution in [0.25, 0.3) is 0 Å². The lowest BCUT2D eigenvalue weighted by molar-refractivity contribution is -0.137. The van der Waals surface area contributed by atoms with Gasteiger partial charge in [-0.3, -0.25) is 4.79 Å². The molecule has 1 aromatic carbocycles. The molecule has 0 spiro atoms. The second kappa shape index (κ2) is 8.37. The summed E-state index contributed by atoms with van der Waals surface area (Å²) in [5.41, 5.74) is 7.06. The van der Waals surface area contributed by atoms with E-state index < -0.39 is 6.04 Å². The van der Waals surface area contributed by atoms with Crippen molar-refractivity contribution in [3.8, 4) is 0 Å². The maximum atomic E-state index is 12.5. The predicted molar refractivity (Wildman–Crippen MR) is 86.3 cm³/mol. The molecule has 1 aliphatic rings. The molecular weight excluding hydrogens is 288 g/mol. The van der Waals surface area contributed by atoms with E-state index >= 15 is 0 Å². The van der Waals surface area contributed by atoms with Crippen molar-refractivity contribution in [1.29, 1.82) is 0 Å². The summed E-state index contributed by atoms with van der Waals surface area (Å²) < 4.78 is 5.01. The lowest BCUT2D eigenvalue weighted by Gasteiger charge is -2.31. The van der Waals surface area contributed by atoms with Crippen LogP contribution in [0, 0.1) is 5.92 Å². The Hall–Kier alpha value is -1.10. The molecule has 0 aliphatic heterocycles. The fourth-order valence-corrected chi connectivity index (χ4v) is 2.50. The number of carbonyl (C=O) groups excluding carboxylic acids is 1. The van der Waals surface area contributed by atoms with Crippen LogP contribution in [-0.4, -0.2) is 36.6 Å². The number of halogens is 1. The van der Waals surface area contributed by atoms with Crippen LogP contribution in [0.2, 0.25) is 0 Å². The maximum Gasteiger partial charge on any atom is 0.242 e. The van der Waals surface area contributed by atoms with E-state index in [9.17, 15) is 4.79 Å². The molecule has 0 aromatic heterocycles. The Morgan fingerprint density at radius 1 is 1.38 bits per heavy atom. The zero-order chi connectivity index (χ0) is 14.5. The molecule has 21 heavy (non-hydrogen) atoms. The Kier molecular flexibility index (Phi) is 7.15. The van der Waals surface area contributed by atoms with Gasteiger partial charge in [0.25, 0.3) is 0 Å². The molecule has 1 aromatic rings. The Balaban J connectivity index is 0.00000220. The molecule has 4 nitrogen and oxygen atoms in total. The van der Waals surface area contributed by atoms with Crippen LogP contribution in [0.3, 0.4) is 0 Å². The Labute approximate surface area is 133 Å². The van der Waals surface area contributed by atoms with Crippen LogP contribution in [0.4, 0.5) is 0 Å². The van der Waals surface area contributed by atoms with Crippen LogP contribution in [0.15, 0.2) is 30.3 Å². The summed E-state index contributed by atoms with van der Waals surface area (Å²) in [5.74, 6) is 0.604. The van der Waals surface area contributed by atoms with Gasteiger partial charge in [-0.25, -0.2) is 0 Å². The molecule has 1 amide bonds. The minimum atomic E-state index is -0.579. The number of nitrogens with two attached hydrogens (primary N) is 1. The quantitative estimate of drug-likeness (QED) is 0.840. The van der Waals surface area contributed by atoms with Crippen molar-refractivity contribution in [2.75, 3.05) is 13.7 Å². The van der Waals surface area contributed by atoms with E-state index in [4.69, 9.17) is 10.5 Å². The second-order valence-electron chi connectivity index (χ2n) is 5.59. The molecule has 118 valence electrons. The first kappa shape index (κ1) is 18.0. The van der Waals surface area contributed by atoms with Crippen molar-refractivity contribution >= 4 is 18.3 Å². The summed E-state index contributed by atoms with van der Waals surface area (Å²) >= 11 is 0. The van der Waals surface area contributed by atoms with Crippen LogP contribution in [-0.2, 0) is 16.1 Å². The largest absolute Gasteiger partial charge is 0.383 e. The fraction of sp³-hybridized carbons (Fsp3) is 0.562. The van der Waals surface area contributed by atoms with Gasteiger partial charge in [-0.05, 0) is 31.2 Å². The van der Waals surface area contributed by atoms with Crippen molar-refractivity contribution in [3.05, 3.63) is 35.9 Å². The van der Waals surface area contributed by atoms with Gasteiger partial charge in [0.1, 0.15) is 6.04 Å². The van der Waals surface area contributed by atoms with Gasteiger partial charge < -0.3 is 15.4 Å². The van der Waals surface area contributed by atoms with E-state index in [0.29, 0.717) is 12.5 Å². The number of carbonyl (C=O) groups is 1. The van der Waals surface area contributed by atoms with Crippen molar-refractivity contribution in [3.63, 3.8) is 0 Å². The zero-order valence-electron chi connectivity index (χ0n) is 12.7. The van der Waals surface area contributed by atoms with Gasteiger partial charge >= 0.3 is 0 Å². The normalized spacial score (nSPS) is 16.7. The molecule has 1 saturated carbocycles. The van der Waals surface area contributed by atoms with Crippen LogP contribution in [0.1, 0.15) is 25.3 Å². The standard InChI is InChI=1S/C16H24N2O2.ClH/c1-12(14-8-9-14)18(16(19)15(17)11-20-2)10-13-6-4-3-5-7-13;/h3-7,12,14-15H,8-11,17H2,1-2H3;1H. The lowest BCUT2D eigenvalue weighted by atomic mass is 10.1. The molecule has 2 rings (SSSR count). The highest BCUT2D eigenvalue weighted by Crippen LogP contribution is 2.35. The number of amides is 1. The highest BCUT2D eigenvalue weighted by molar-refractivity contribution is 5.85. The van der Waals surface area contributed by atoms with E-state index in [1.54, 1.807) is 7.11 Å². The molecule has 2 N–H and O–H groups in total. The van der Waals surface area contributed by atoms with E-state index in [-0.39, 0.29) is 31.0 Å². The molecular formula is C16H25ClN2O2. The predicted octanol–water partition coefficient (Wildman–Crippen LogP) is 2.21. The van der Waals surface area contributed by atoms with Crippen molar-refractivity contribution in [1.82, 2.24) is 4.90 Å². The van der Waals surface area contributed by atoms with Crippen molar-refractivity contribution in [2.45, 2.75) is 38.4 Å². The van der Waals surface area contributed by atoms with E-state index in [2.05, 4.69) is 6.92 Å². The average Bonchev–Trinajstić information content (AvgIpc) is 3.29. The summed E-state index contributed by atoms with van der Waals surface area (Å²) in [7, 11) is 1.57. The molecule has 0 saturated heterocycles. The molecule has 1 aliphatic carbocycles. The highest BCUT2D eigenvalue weighted by atomic mass is 35.5. The van der Waals surface area contributed by atoms with Crippen molar-refractivity contribution < 1.29 is 9.53 Å². The number of hydrogen-bond acceptors (Lipinski definition) is 3.